The SMILES string of the molecule is CCCCCC(C=C(Br)Br)OC1CCCCO1. The molecule has 0 radical (unpaired) electrons. The molecule has 2 nitrogen and oxygen atoms in total. The maximum atomic E-state index is 5.99. The molecule has 1 aliphatic rings. The van der Waals surface area contributed by atoms with Crippen molar-refractivity contribution in [3.05, 3.63) is 9.47 Å². The van der Waals surface area contributed by atoms with Crippen molar-refractivity contribution in [2.75, 3.05) is 6.61 Å². The van der Waals surface area contributed by atoms with Crippen LogP contribution in [-0.4, -0.2) is 19.0 Å². The Balaban J connectivity index is 2.35. The van der Waals surface area contributed by atoms with Gasteiger partial charge >= 0.3 is 0 Å². The number of rotatable bonds is 7. The Labute approximate surface area is 121 Å². The van der Waals surface area contributed by atoms with Crippen LogP contribution < -0.4 is 0 Å². The molecule has 1 saturated heterocycles. The van der Waals surface area contributed by atoms with E-state index in [9.17, 15) is 0 Å². The smallest absolute Gasteiger partial charge is 0.158 e. The molecule has 2 atom stereocenters. The molecule has 0 aromatic heterocycles. The van der Waals surface area contributed by atoms with Gasteiger partial charge in [-0.2, -0.15) is 0 Å². The second kappa shape index (κ2) is 9.54. The van der Waals surface area contributed by atoms with Gasteiger partial charge in [-0.3, -0.25) is 0 Å². The predicted molar refractivity (Wildman–Crippen MR) is 78.5 cm³/mol. The first-order chi connectivity index (χ1) is 8.22. The van der Waals surface area contributed by atoms with Crippen molar-refractivity contribution in [1.82, 2.24) is 0 Å². The molecule has 100 valence electrons. The van der Waals surface area contributed by atoms with Crippen molar-refractivity contribution >= 4 is 31.9 Å². The van der Waals surface area contributed by atoms with Crippen LogP contribution in [0.5, 0.6) is 0 Å². The van der Waals surface area contributed by atoms with Gasteiger partial charge in [0.2, 0.25) is 0 Å². The Bertz CT molecular complexity index is 221. The van der Waals surface area contributed by atoms with Gasteiger partial charge in [0.15, 0.2) is 6.29 Å². The second-order valence-electron chi connectivity index (χ2n) is 4.42. The van der Waals surface area contributed by atoms with Gasteiger partial charge in [0.1, 0.15) is 0 Å². The molecule has 1 heterocycles. The van der Waals surface area contributed by atoms with Crippen molar-refractivity contribution in [3.8, 4) is 0 Å². The lowest BCUT2D eigenvalue weighted by molar-refractivity contribution is -0.179. The van der Waals surface area contributed by atoms with Gasteiger partial charge in [-0.05, 0) is 63.6 Å². The summed E-state index contributed by atoms with van der Waals surface area (Å²) < 4.78 is 12.6. The standard InChI is InChI=1S/C13H22Br2O2/c1-2-3-4-7-11(10-12(14)15)17-13-8-5-6-9-16-13/h10-11,13H,2-9H2,1H3. The Morgan fingerprint density at radius 3 is 2.82 bits per heavy atom. The first-order valence-corrected chi connectivity index (χ1v) is 8.11. The van der Waals surface area contributed by atoms with Crippen molar-refractivity contribution < 1.29 is 9.47 Å². The van der Waals surface area contributed by atoms with E-state index in [-0.39, 0.29) is 12.4 Å². The van der Waals surface area contributed by atoms with Gasteiger partial charge in [-0.1, -0.05) is 26.2 Å². The third-order valence-corrected chi connectivity index (χ3v) is 3.40. The van der Waals surface area contributed by atoms with E-state index in [1.807, 2.05) is 0 Å². The van der Waals surface area contributed by atoms with E-state index >= 15 is 0 Å². The van der Waals surface area contributed by atoms with Crippen LogP contribution in [0.2, 0.25) is 0 Å². The fourth-order valence-electron chi connectivity index (χ4n) is 1.94. The summed E-state index contributed by atoms with van der Waals surface area (Å²) in [5, 5.41) is 0. The molecule has 0 saturated carbocycles. The topological polar surface area (TPSA) is 18.5 Å². The number of halogens is 2. The molecular formula is C13H22Br2O2. The third-order valence-electron chi connectivity index (χ3n) is 2.87. The molecule has 1 fully saturated rings. The summed E-state index contributed by atoms with van der Waals surface area (Å²) in [6.07, 6.45) is 10.4. The third kappa shape index (κ3) is 7.60. The van der Waals surface area contributed by atoms with Gasteiger partial charge in [-0.15, -0.1) is 0 Å². The lowest BCUT2D eigenvalue weighted by atomic mass is 10.1. The van der Waals surface area contributed by atoms with Crippen LogP contribution in [0.3, 0.4) is 0 Å². The van der Waals surface area contributed by atoms with Gasteiger partial charge in [0.25, 0.3) is 0 Å². The molecule has 2 unspecified atom stereocenters. The zero-order valence-corrected chi connectivity index (χ0v) is 13.6. The van der Waals surface area contributed by atoms with E-state index in [0.717, 1.165) is 22.8 Å². The van der Waals surface area contributed by atoms with Gasteiger partial charge in [-0.25, -0.2) is 0 Å². The molecule has 4 heteroatoms. The summed E-state index contributed by atoms with van der Waals surface area (Å²) in [7, 11) is 0. The van der Waals surface area contributed by atoms with Gasteiger partial charge in [0.05, 0.1) is 9.50 Å². The summed E-state index contributed by atoms with van der Waals surface area (Å²) in [6, 6.07) is 0. The highest BCUT2D eigenvalue weighted by Crippen LogP contribution is 2.22. The van der Waals surface area contributed by atoms with E-state index in [1.165, 1.54) is 32.1 Å². The highest BCUT2D eigenvalue weighted by Gasteiger charge is 2.18. The van der Waals surface area contributed by atoms with E-state index in [0.29, 0.717) is 0 Å². The Hall–Kier alpha value is 0.620. The minimum absolute atomic E-state index is 0.00836. The number of hydrogen-bond acceptors (Lipinski definition) is 2. The zero-order valence-electron chi connectivity index (χ0n) is 10.5. The average Bonchev–Trinajstić information content (AvgIpc) is 2.30. The highest BCUT2D eigenvalue weighted by atomic mass is 79.9. The second-order valence-corrected chi connectivity index (χ2v) is 7.20. The fourth-order valence-corrected chi connectivity index (χ4v) is 2.53. The van der Waals surface area contributed by atoms with Gasteiger partial charge < -0.3 is 9.47 Å². The number of unbranched alkanes of at least 4 members (excludes halogenated alkanes) is 2. The van der Waals surface area contributed by atoms with E-state index in [2.05, 4.69) is 44.9 Å². The molecule has 0 aliphatic carbocycles. The normalized spacial score (nSPS) is 22.2. The molecule has 0 aromatic rings. The summed E-state index contributed by atoms with van der Waals surface area (Å²) in [6.45, 7) is 3.06. The quantitative estimate of drug-likeness (QED) is 0.580. The Morgan fingerprint density at radius 1 is 1.41 bits per heavy atom. The van der Waals surface area contributed by atoms with Crippen molar-refractivity contribution in [1.29, 1.82) is 0 Å². The van der Waals surface area contributed by atoms with E-state index in [4.69, 9.17) is 9.47 Å². The molecule has 0 bridgehead atoms. The van der Waals surface area contributed by atoms with E-state index in [1.54, 1.807) is 0 Å². The minimum atomic E-state index is -0.00836. The molecule has 1 aliphatic heterocycles. The summed E-state index contributed by atoms with van der Waals surface area (Å²) >= 11 is 6.81. The highest BCUT2D eigenvalue weighted by molar-refractivity contribution is 9.28. The van der Waals surface area contributed by atoms with Crippen LogP contribution in [0.4, 0.5) is 0 Å². The van der Waals surface area contributed by atoms with Crippen LogP contribution in [0.1, 0.15) is 51.9 Å². The van der Waals surface area contributed by atoms with Crippen LogP contribution in [-0.2, 0) is 9.47 Å². The molecule has 0 aromatic carbocycles. The van der Waals surface area contributed by atoms with Gasteiger partial charge in [0, 0.05) is 6.61 Å². The molecular weight excluding hydrogens is 348 g/mol. The maximum absolute atomic E-state index is 5.99. The predicted octanol–water partition coefficient (Wildman–Crippen LogP) is 5.11. The maximum Gasteiger partial charge on any atom is 0.158 e. The summed E-state index contributed by atoms with van der Waals surface area (Å²) in [5.74, 6) is 0. The number of hydrogen-bond donors (Lipinski definition) is 0. The zero-order chi connectivity index (χ0) is 12.5. The molecule has 1 rings (SSSR count). The van der Waals surface area contributed by atoms with E-state index < -0.39 is 0 Å². The average molecular weight is 370 g/mol. The number of ether oxygens (including phenoxy) is 2. The van der Waals surface area contributed by atoms with Crippen molar-refractivity contribution in [2.45, 2.75) is 64.3 Å². The van der Waals surface area contributed by atoms with Crippen LogP contribution in [0, 0.1) is 0 Å². The van der Waals surface area contributed by atoms with Crippen LogP contribution in [0.25, 0.3) is 0 Å². The largest absolute Gasteiger partial charge is 0.353 e. The van der Waals surface area contributed by atoms with Crippen LogP contribution in [0.15, 0.2) is 9.47 Å². The lowest BCUT2D eigenvalue weighted by Crippen LogP contribution is -2.27. The first-order valence-electron chi connectivity index (χ1n) is 6.52. The fraction of sp³-hybridized carbons (Fsp3) is 0.846. The van der Waals surface area contributed by atoms with Crippen molar-refractivity contribution in [3.63, 3.8) is 0 Å². The summed E-state index contributed by atoms with van der Waals surface area (Å²) in [4.78, 5) is 0. The molecule has 0 amide bonds. The molecule has 17 heavy (non-hydrogen) atoms. The van der Waals surface area contributed by atoms with Crippen LogP contribution >= 0.6 is 31.9 Å². The Morgan fingerprint density at radius 2 is 2.24 bits per heavy atom. The minimum Gasteiger partial charge on any atom is -0.353 e. The first kappa shape index (κ1) is 15.7. The Kier molecular flexibility index (Phi) is 8.79. The lowest BCUT2D eigenvalue weighted by Gasteiger charge is -2.26. The monoisotopic (exact) mass is 368 g/mol. The molecule has 0 spiro atoms. The molecule has 0 N–H and O–H groups in total. The van der Waals surface area contributed by atoms with Crippen molar-refractivity contribution in [2.24, 2.45) is 0 Å². The summed E-state index contributed by atoms with van der Waals surface area (Å²) in [5.41, 5.74) is 0.